The largest absolute Gasteiger partial charge is 0.491 e. The molecule has 0 aliphatic rings. The predicted molar refractivity (Wildman–Crippen MR) is 72.8 cm³/mol. The molecule has 0 saturated heterocycles. The van der Waals surface area contributed by atoms with E-state index in [1.54, 1.807) is 6.08 Å². The Bertz CT molecular complexity index is 335. The molecule has 1 rings (SSSR count). The van der Waals surface area contributed by atoms with Gasteiger partial charge in [-0.2, -0.15) is 0 Å². The molecule has 2 N–H and O–H groups in total. The fourth-order valence-electron chi connectivity index (χ4n) is 1.69. The Morgan fingerprint density at radius 3 is 2.82 bits per heavy atom. The van der Waals surface area contributed by atoms with Crippen molar-refractivity contribution in [3.63, 3.8) is 0 Å². The van der Waals surface area contributed by atoms with Gasteiger partial charge in [-0.15, -0.1) is 0 Å². The van der Waals surface area contributed by atoms with Gasteiger partial charge in [0.25, 0.3) is 0 Å². The first kappa shape index (κ1) is 13.8. The standard InChI is InChI=1S/C15H22NO/c1-3-5-6-10-14(16)12-17-15-11-8-7-9-13(15)4-2/h2,4,7-9,11,14H,3,5-6,10,12,16H2,1H3. The van der Waals surface area contributed by atoms with E-state index in [0.717, 1.165) is 17.7 Å². The van der Waals surface area contributed by atoms with Crippen molar-refractivity contribution in [2.45, 2.75) is 38.6 Å². The first-order chi connectivity index (χ1) is 8.27. The van der Waals surface area contributed by atoms with Gasteiger partial charge < -0.3 is 10.5 Å². The van der Waals surface area contributed by atoms with E-state index in [9.17, 15) is 0 Å². The summed E-state index contributed by atoms with van der Waals surface area (Å²) in [4.78, 5) is 0. The summed E-state index contributed by atoms with van der Waals surface area (Å²) in [7, 11) is 0. The molecular weight excluding hydrogens is 210 g/mol. The van der Waals surface area contributed by atoms with Gasteiger partial charge >= 0.3 is 0 Å². The molecule has 1 radical (unpaired) electrons. The van der Waals surface area contributed by atoms with Gasteiger partial charge in [0.1, 0.15) is 12.4 Å². The fraction of sp³-hybridized carbons (Fsp3) is 0.467. The lowest BCUT2D eigenvalue weighted by molar-refractivity contribution is 0.279. The van der Waals surface area contributed by atoms with Crippen LogP contribution in [0.15, 0.2) is 24.3 Å². The minimum absolute atomic E-state index is 0.104. The number of benzene rings is 1. The fourth-order valence-corrected chi connectivity index (χ4v) is 1.69. The van der Waals surface area contributed by atoms with Crippen molar-refractivity contribution in [3.8, 4) is 5.75 Å². The third-order valence-electron chi connectivity index (χ3n) is 2.73. The van der Waals surface area contributed by atoms with Gasteiger partial charge in [0.2, 0.25) is 0 Å². The molecule has 0 bridgehead atoms. The summed E-state index contributed by atoms with van der Waals surface area (Å²) in [5.41, 5.74) is 6.90. The second-order valence-corrected chi connectivity index (χ2v) is 4.27. The molecule has 2 nitrogen and oxygen atoms in total. The van der Waals surface area contributed by atoms with E-state index in [2.05, 4.69) is 6.92 Å². The quantitative estimate of drug-likeness (QED) is 0.697. The number of unbranched alkanes of at least 4 members (excludes halogenated alkanes) is 2. The number of para-hydroxylation sites is 1. The smallest absolute Gasteiger partial charge is 0.126 e. The highest BCUT2D eigenvalue weighted by Gasteiger charge is 2.05. The maximum atomic E-state index is 5.99. The molecule has 0 aliphatic carbocycles. The van der Waals surface area contributed by atoms with Crippen LogP contribution in [-0.4, -0.2) is 12.6 Å². The zero-order chi connectivity index (χ0) is 12.5. The maximum absolute atomic E-state index is 5.99. The molecule has 17 heavy (non-hydrogen) atoms. The summed E-state index contributed by atoms with van der Waals surface area (Å²) < 4.78 is 5.68. The third-order valence-corrected chi connectivity index (χ3v) is 2.73. The number of ether oxygens (including phenoxy) is 1. The molecule has 1 aromatic rings. The monoisotopic (exact) mass is 232 g/mol. The van der Waals surface area contributed by atoms with E-state index >= 15 is 0 Å². The Morgan fingerprint density at radius 2 is 2.12 bits per heavy atom. The van der Waals surface area contributed by atoms with Gasteiger partial charge in [-0.1, -0.05) is 57.0 Å². The van der Waals surface area contributed by atoms with Gasteiger partial charge in [-0.05, 0) is 12.5 Å². The van der Waals surface area contributed by atoms with Crippen molar-refractivity contribution in [2.24, 2.45) is 5.73 Å². The molecule has 1 atom stereocenters. The highest BCUT2D eigenvalue weighted by molar-refractivity contribution is 5.54. The SMILES string of the molecule is [CH]=Cc1ccccc1OCC(N)CCCCC. The Hall–Kier alpha value is -1.28. The molecule has 0 amide bonds. The summed E-state index contributed by atoms with van der Waals surface area (Å²) in [5, 5.41) is 0. The van der Waals surface area contributed by atoms with Gasteiger partial charge in [-0.3, -0.25) is 0 Å². The molecule has 1 aromatic carbocycles. The minimum atomic E-state index is 0.104. The first-order valence-corrected chi connectivity index (χ1v) is 6.30. The zero-order valence-corrected chi connectivity index (χ0v) is 10.6. The molecular formula is C15H22NO. The van der Waals surface area contributed by atoms with Crippen LogP contribution in [0.2, 0.25) is 0 Å². The minimum Gasteiger partial charge on any atom is -0.491 e. The normalized spacial score (nSPS) is 12.1. The van der Waals surface area contributed by atoms with Crippen LogP contribution in [-0.2, 0) is 0 Å². The number of hydrogen-bond acceptors (Lipinski definition) is 2. The first-order valence-electron chi connectivity index (χ1n) is 6.30. The van der Waals surface area contributed by atoms with Gasteiger partial charge in [0, 0.05) is 11.6 Å². The van der Waals surface area contributed by atoms with Crippen LogP contribution in [0.1, 0.15) is 38.2 Å². The lowest BCUT2D eigenvalue weighted by atomic mass is 10.1. The van der Waals surface area contributed by atoms with Crippen LogP contribution < -0.4 is 10.5 Å². The van der Waals surface area contributed by atoms with Crippen molar-refractivity contribution >= 4 is 6.08 Å². The van der Waals surface area contributed by atoms with Gasteiger partial charge in [-0.25, -0.2) is 0 Å². The van der Waals surface area contributed by atoms with E-state index < -0.39 is 0 Å². The molecule has 2 heteroatoms. The Labute approximate surface area is 104 Å². The summed E-state index contributed by atoms with van der Waals surface area (Å²) in [6.45, 7) is 8.26. The van der Waals surface area contributed by atoms with Crippen molar-refractivity contribution in [1.82, 2.24) is 0 Å². The number of rotatable bonds is 8. The Balaban J connectivity index is 2.36. The Morgan fingerprint density at radius 1 is 1.35 bits per heavy atom. The second-order valence-electron chi connectivity index (χ2n) is 4.27. The summed E-state index contributed by atoms with van der Waals surface area (Å²) >= 11 is 0. The van der Waals surface area contributed by atoms with E-state index in [1.165, 1.54) is 19.3 Å². The van der Waals surface area contributed by atoms with Crippen LogP contribution in [0.5, 0.6) is 5.75 Å². The van der Waals surface area contributed by atoms with Crippen LogP contribution in [0.4, 0.5) is 0 Å². The van der Waals surface area contributed by atoms with E-state index in [0.29, 0.717) is 6.61 Å². The van der Waals surface area contributed by atoms with Crippen LogP contribution in [0.25, 0.3) is 6.08 Å². The summed E-state index contributed by atoms with van der Waals surface area (Å²) in [6, 6.07) is 7.82. The van der Waals surface area contributed by atoms with Crippen molar-refractivity contribution in [1.29, 1.82) is 0 Å². The molecule has 0 spiro atoms. The second kappa shape index (κ2) is 7.91. The van der Waals surface area contributed by atoms with Crippen molar-refractivity contribution in [2.75, 3.05) is 6.61 Å². The highest BCUT2D eigenvalue weighted by Crippen LogP contribution is 2.19. The molecule has 0 saturated carbocycles. The molecule has 0 heterocycles. The average Bonchev–Trinajstić information content (AvgIpc) is 2.37. The van der Waals surface area contributed by atoms with Crippen LogP contribution >= 0.6 is 0 Å². The van der Waals surface area contributed by atoms with Gasteiger partial charge in [0.05, 0.1) is 0 Å². The molecule has 0 fully saturated rings. The lowest BCUT2D eigenvalue weighted by Crippen LogP contribution is -2.27. The van der Waals surface area contributed by atoms with E-state index in [4.69, 9.17) is 17.0 Å². The van der Waals surface area contributed by atoms with Crippen molar-refractivity contribution in [3.05, 3.63) is 36.4 Å². The average molecular weight is 232 g/mol. The summed E-state index contributed by atoms with van der Waals surface area (Å²) in [6.07, 6.45) is 6.20. The van der Waals surface area contributed by atoms with Crippen molar-refractivity contribution < 1.29 is 4.74 Å². The lowest BCUT2D eigenvalue weighted by Gasteiger charge is -2.14. The molecule has 93 valence electrons. The maximum Gasteiger partial charge on any atom is 0.126 e. The van der Waals surface area contributed by atoms with E-state index in [-0.39, 0.29) is 6.04 Å². The van der Waals surface area contributed by atoms with E-state index in [1.807, 2.05) is 24.3 Å². The summed E-state index contributed by atoms with van der Waals surface area (Å²) in [5.74, 6) is 0.806. The van der Waals surface area contributed by atoms with Crippen LogP contribution in [0.3, 0.4) is 0 Å². The zero-order valence-electron chi connectivity index (χ0n) is 10.6. The Kier molecular flexibility index (Phi) is 6.41. The van der Waals surface area contributed by atoms with Crippen LogP contribution in [0, 0.1) is 6.58 Å². The highest BCUT2D eigenvalue weighted by atomic mass is 16.5. The number of hydrogen-bond donors (Lipinski definition) is 1. The van der Waals surface area contributed by atoms with Gasteiger partial charge in [0.15, 0.2) is 0 Å². The molecule has 0 aliphatic heterocycles. The number of nitrogens with two attached hydrogens (primary N) is 1. The predicted octanol–water partition coefficient (Wildman–Crippen LogP) is 3.42. The molecule has 1 unspecified atom stereocenters. The third kappa shape index (κ3) is 5.05. The molecule has 0 aromatic heterocycles. The topological polar surface area (TPSA) is 35.2 Å².